The molecule has 0 fully saturated rings. The van der Waals surface area contributed by atoms with Crippen LogP contribution in [0.4, 0.5) is 0 Å². The van der Waals surface area contributed by atoms with Crippen molar-refractivity contribution in [3.05, 3.63) is 126 Å². The van der Waals surface area contributed by atoms with Gasteiger partial charge in [0.2, 0.25) is 0 Å². The molecule has 0 atom stereocenters. The predicted octanol–water partition coefficient (Wildman–Crippen LogP) is 4.90. The van der Waals surface area contributed by atoms with E-state index < -0.39 is 0 Å². The minimum absolute atomic E-state index is 0.0640. The van der Waals surface area contributed by atoms with Gasteiger partial charge in [0.1, 0.15) is 12.4 Å². The van der Waals surface area contributed by atoms with E-state index in [4.69, 9.17) is 4.74 Å². The van der Waals surface area contributed by atoms with E-state index in [2.05, 4.69) is 9.97 Å². The SMILES string of the molecule is O=C(c1cccc(OCc2ccccc2)c1)N(Cc1ccncc1)Cc1cccnc1. The third-order valence-electron chi connectivity index (χ3n) is 4.84. The summed E-state index contributed by atoms with van der Waals surface area (Å²) >= 11 is 0. The number of aromatic nitrogens is 2. The van der Waals surface area contributed by atoms with Crippen molar-refractivity contribution in [3.63, 3.8) is 0 Å². The van der Waals surface area contributed by atoms with E-state index in [1.54, 1.807) is 30.9 Å². The van der Waals surface area contributed by atoms with Crippen LogP contribution in [0.25, 0.3) is 0 Å². The monoisotopic (exact) mass is 409 g/mol. The zero-order valence-electron chi connectivity index (χ0n) is 17.1. The Morgan fingerprint density at radius 3 is 2.29 bits per heavy atom. The van der Waals surface area contributed by atoms with Gasteiger partial charge in [0, 0.05) is 43.4 Å². The summed E-state index contributed by atoms with van der Waals surface area (Å²) in [6, 6.07) is 25.0. The standard InChI is InChI=1S/C26H23N3O2/c30-26(24-9-4-10-25(16-24)31-20-22-6-2-1-3-7-22)29(18-21-11-14-27-15-12-21)19-23-8-5-13-28-17-23/h1-17H,18-20H2. The fourth-order valence-corrected chi connectivity index (χ4v) is 3.26. The van der Waals surface area contributed by atoms with Crippen LogP contribution in [0.3, 0.4) is 0 Å². The van der Waals surface area contributed by atoms with Gasteiger partial charge in [0.15, 0.2) is 0 Å². The molecule has 0 bridgehead atoms. The van der Waals surface area contributed by atoms with Crippen molar-refractivity contribution in [2.24, 2.45) is 0 Å². The van der Waals surface area contributed by atoms with E-state index >= 15 is 0 Å². The smallest absolute Gasteiger partial charge is 0.254 e. The highest BCUT2D eigenvalue weighted by Crippen LogP contribution is 2.19. The zero-order valence-corrected chi connectivity index (χ0v) is 17.1. The minimum atomic E-state index is -0.0640. The third-order valence-corrected chi connectivity index (χ3v) is 4.84. The summed E-state index contributed by atoms with van der Waals surface area (Å²) in [6.07, 6.45) is 6.98. The van der Waals surface area contributed by atoms with Gasteiger partial charge < -0.3 is 9.64 Å². The number of benzene rings is 2. The van der Waals surface area contributed by atoms with Gasteiger partial charge in [-0.15, -0.1) is 0 Å². The molecule has 2 heterocycles. The van der Waals surface area contributed by atoms with Gasteiger partial charge in [-0.1, -0.05) is 42.5 Å². The van der Waals surface area contributed by atoms with Crippen molar-refractivity contribution in [1.29, 1.82) is 0 Å². The van der Waals surface area contributed by atoms with Crippen molar-refractivity contribution >= 4 is 5.91 Å². The Hall–Kier alpha value is -3.99. The fourth-order valence-electron chi connectivity index (χ4n) is 3.26. The average molecular weight is 409 g/mol. The van der Waals surface area contributed by atoms with Crippen LogP contribution in [0.5, 0.6) is 5.75 Å². The number of nitrogens with zero attached hydrogens (tertiary/aromatic N) is 3. The molecule has 0 unspecified atom stereocenters. The molecule has 0 saturated heterocycles. The molecular formula is C26H23N3O2. The molecule has 0 spiro atoms. The van der Waals surface area contributed by atoms with Gasteiger partial charge in [-0.3, -0.25) is 14.8 Å². The molecule has 0 aliphatic rings. The van der Waals surface area contributed by atoms with Crippen LogP contribution in [-0.4, -0.2) is 20.8 Å². The molecule has 2 aromatic carbocycles. The summed E-state index contributed by atoms with van der Waals surface area (Å²) in [5.41, 5.74) is 3.66. The van der Waals surface area contributed by atoms with Crippen molar-refractivity contribution in [1.82, 2.24) is 14.9 Å². The number of hydrogen-bond acceptors (Lipinski definition) is 4. The minimum Gasteiger partial charge on any atom is -0.489 e. The summed E-state index contributed by atoms with van der Waals surface area (Å²) in [5, 5.41) is 0. The van der Waals surface area contributed by atoms with Crippen LogP contribution >= 0.6 is 0 Å². The molecule has 0 N–H and O–H groups in total. The Bertz CT molecular complexity index is 1060. The van der Waals surface area contributed by atoms with Crippen molar-refractivity contribution in [2.45, 2.75) is 19.7 Å². The molecule has 0 radical (unpaired) electrons. The number of amides is 1. The molecule has 31 heavy (non-hydrogen) atoms. The lowest BCUT2D eigenvalue weighted by Gasteiger charge is -2.23. The number of ether oxygens (including phenoxy) is 1. The van der Waals surface area contributed by atoms with E-state index in [-0.39, 0.29) is 5.91 Å². The second-order valence-corrected chi connectivity index (χ2v) is 7.18. The molecular weight excluding hydrogens is 386 g/mol. The first-order chi connectivity index (χ1) is 15.3. The van der Waals surface area contributed by atoms with Crippen molar-refractivity contribution in [3.8, 4) is 5.75 Å². The highest BCUT2D eigenvalue weighted by molar-refractivity contribution is 5.94. The Morgan fingerprint density at radius 2 is 1.52 bits per heavy atom. The highest BCUT2D eigenvalue weighted by atomic mass is 16.5. The lowest BCUT2D eigenvalue weighted by atomic mass is 10.1. The van der Waals surface area contributed by atoms with Gasteiger partial charge in [-0.2, -0.15) is 0 Å². The van der Waals surface area contributed by atoms with E-state index in [0.717, 1.165) is 16.7 Å². The number of hydrogen-bond donors (Lipinski definition) is 0. The van der Waals surface area contributed by atoms with Crippen LogP contribution in [0.15, 0.2) is 104 Å². The van der Waals surface area contributed by atoms with E-state index in [9.17, 15) is 4.79 Å². The van der Waals surface area contributed by atoms with E-state index in [1.165, 1.54) is 0 Å². The maximum absolute atomic E-state index is 13.4. The molecule has 5 heteroatoms. The number of carbonyl (C=O) groups excluding carboxylic acids is 1. The predicted molar refractivity (Wildman–Crippen MR) is 119 cm³/mol. The molecule has 154 valence electrons. The third kappa shape index (κ3) is 5.76. The Morgan fingerprint density at radius 1 is 0.742 bits per heavy atom. The van der Waals surface area contributed by atoms with Gasteiger partial charge in [-0.25, -0.2) is 0 Å². The lowest BCUT2D eigenvalue weighted by molar-refractivity contribution is 0.0729. The highest BCUT2D eigenvalue weighted by Gasteiger charge is 2.17. The lowest BCUT2D eigenvalue weighted by Crippen LogP contribution is -2.30. The summed E-state index contributed by atoms with van der Waals surface area (Å²) in [5.74, 6) is 0.603. The largest absolute Gasteiger partial charge is 0.489 e. The first kappa shape index (κ1) is 20.3. The van der Waals surface area contributed by atoms with Gasteiger partial charge in [0.05, 0.1) is 0 Å². The van der Waals surface area contributed by atoms with Crippen molar-refractivity contribution < 1.29 is 9.53 Å². The number of carbonyl (C=O) groups is 1. The summed E-state index contributed by atoms with van der Waals surface area (Å²) in [7, 11) is 0. The maximum Gasteiger partial charge on any atom is 0.254 e. The Balaban J connectivity index is 1.52. The molecule has 1 amide bonds. The van der Waals surface area contributed by atoms with Gasteiger partial charge in [-0.05, 0) is 53.1 Å². The number of rotatable bonds is 8. The molecule has 4 aromatic rings. The Labute approximate surface area is 182 Å². The van der Waals surface area contributed by atoms with E-state index in [1.807, 2.05) is 77.7 Å². The summed E-state index contributed by atoms with van der Waals surface area (Å²) < 4.78 is 5.91. The quantitative estimate of drug-likeness (QED) is 0.415. The van der Waals surface area contributed by atoms with Gasteiger partial charge >= 0.3 is 0 Å². The zero-order chi connectivity index (χ0) is 21.3. The summed E-state index contributed by atoms with van der Waals surface area (Å²) in [6.45, 7) is 1.39. The van der Waals surface area contributed by atoms with Crippen molar-refractivity contribution in [2.75, 3.05) is 0 Å². The molecule has 5 nitrogen and oxygen atoms in total. The van der Waals surface area contributed by atoms with Crippen LogP contribution in [-0.2, 0) is 19.7 Å². The first-order valence-corrected chi connectivity index (χ1v) is 10.1. The first-order valence-electron chi connectivity index (χ1n) is 10.1. The van der Waals surface area contributed by atoms with Crippen LogP contribution in [0.2, 0.25) is 0 Å². The second-order valence-electron chi connectivity index (χ2n) is 7.18. The van der Waals surface area contributed by atoms with Crippen LogP contribution < -0.4 is 4.74 Å². The van der Waals surface area contributed by atoms with Gasteiger partial charge in [0.25, 0.3) is 5.91 Å². The fraction of sp³-hybridized carbons (Fsp3) is 0.115. The normalized spacial score (nSPS) is 10.5. The molecule has 0 aliphatic heterocycles. The van der Waals surface area contributed by atoms with Crippen LogP contribution in [0, 0.1) is 0 Å². The number of pyridine rings is 2. The topological polar surface area (TPSA) is 55.3 Å². The molecule has 0 aliphatic carbocycles. The maximum atomic E-state index is 13.4. The summed E-state index contributed by atoms with van der Waals surface area (Å²) in [4.78, 5) is 23.5. The van der Waals surface area contributed by atoms with E-state index in [0.29, 0.717) is 31.0 Å². The Kier molecular flexibility index (Phi) is 6.65. The van der Waals surface area contributed by atoms with Crippen LogP contribution in [0.1, 0.15) is 27.0 Å². The molecule has 4 rings (SSSR count). The molecule has 0 saturated carbocycles. The average Bonchev–Trinajstić information content (AvgIpc) is 2.84. The molecule has 2 aromatic heterocycles. The second kappa shape index (κ2) is 10.2.